The molecule has 0 radical (unpaired) electrons. The van der Waals surface area contributed by atoms with Gasteiger partial charge in [-0.15, -0.1) is 0 Å². The van der Waals surface area contributed by atoms with Crippen LogP contribution in [0.1, 0.15) is 39.0 Å². The molecule has 1 fully saturated rings. The van der Waals surface area contributed by atoms with Crippen molar-refractivity contribution in [3.05, 3.63) is 12.2 Å². The Morgan fingerprint density at radius 3 is 2.78 bits per heavy atom. The Hall–Kier alpha value is -0.260. The first-order valence-electron chi connectivity index (χ1n) is 4.10. The molecule has 9 heavy (non-hydrogen) atoms. The zero-order valence-electron chi connectivity index (χ0n) is 6.27. The zero-order valence-corrected chi connectivity index (χ0v) is 6.27. The fourth-order valence-electron chi connectivity index (χ4n) is 0.899. The number of rotatable bonds is 4. The van der Waals surface area contributed by atoms with Crippen LogP contribution in [0, 0.1) is 5.92 Å². The predicted octanol–water partition coefficient (Wildman–Crippen LogP) is 3.14. The van der Waals surface area contributed by atoms with Crippen molar-refractivity contribution in [2.75, 3.05) is 0 Å². The third-order valence-electron chi connectivity index (χ3n) is 1.75. The van der Waals surface area contributed by atoms with Crippen molar-refractivity contribution >= 4 is 0 Å². The zero-order chi connectivity index (χ0) is 6.53. The van der Waals surface area contributed by atoms with Crippen LogP contribution in [0.2, 0.25) is 0 Å². The van der Waals surface area contributed by atoms with Crippen LogP contribution in [-0.4, -0.2) is 0 Å². The molecule has 0 nitrogen and oxygen atoms in total. The van der Waals surface area contributed by atoms with Gasteiger partial charge < -0.3 is 0 Å². The molecule has 1 rings (SSSR count). The molecule has 0 unspecified atom stereocenters. The molecule has 0 heteroatoms. The number of hydrogen-bond acceptors (Lipinski definition) is 0. The molecular formula is C9H16. The van der Waals surface area contributed by atoms with Gasteiger partial charge in [-0.3, -0.25) is 0 Å². The maximum absolute atomic E-state index is 2.38. The summed E-state index contributed by atoms with van der Waals surface area (Å²) in [5, 5.41) is 0. The number of allylic oxidation sites excluding steroid dienone is 2. The minimum atomic E-state index is 0.974. The maximum atomic E-state index is 2.38. The van der Waals surface area contributed by atoms with Crippen LogP contribution in [0.15, 0.2) is 12.2 Å². The van der Waals surface area contributed by atoms with E-state index < -0.39 is 0 Å². The molecule has 0 aromatic heterocycles. The molecule has 0 N–H and O–H groups in total. The molecule has 1 aliphatic rings. The molecule has 0 amide bonds. The first-order chi connectivity index (χ1) is 4.43. The molecule has 1 aliphatic carbocycles. The summed E-state index contributed by atoms with van der Waals surface area (Å²) < 4.78 is 0. The van der Waals surface area contributed by atoms with Crippen molar-refractivity contribution in [3.63, 3.8) is 0 Å². The standard InChI is InChI=1S/C9H16/c1-2-3-4-5-6-9-7-8-9/h5-6,9H,2-4,7-8H2,1H3/b6-5-. The van der Waals surface area contributed by atoms with Crippen molar-refractivity contribution in [3.8, 4) is 0 Å². The van der Waals surface area contributed by atoms with Gasteiger partial charge in [-0.2, -0.15) is 0 Å². The highest BCUT2D eigenvalue weighted by Gasteiger charge is 2.16. The van der Waals surface area contributed by atoms with Crippen molar-refractivity contribution in [1.82, 2.24) is 0 Å². The van der Waals surface area contributed by atoms with Gasteiger partial charge in [0.05, 0.1) is 0 Å². The van der Waals surface area contributed by atoms with Gasteiger partial charge in [0.25, 0.3) is 0 Å². The molecule has 0 aliphatic heterocycles. The Balaban J connectivity index is 1.89. The molecule has 52 valence electrons. The van der Waals surface area contributed by atoms with Crippen LogP contribution in [0.25, 0.3) is 0 Å². The molecule has 0 aromatic carbocycles. The van der Waals surface area contributed by atoms with E-state index in [4.69, 9.17) is 0 Å². The van der Waals surface area contributed by atoms with E-state index in [0.29, 0.717) is 0 Å². The molecule has 0 aromatic rings. The lowest BCUT2D eigenvalue weighted by atomic mass is 10.2. The van der Waals surface area contributed by atoms with E-state index in [2.05, 4.69) is 19.1 Å². The van der Waals surface area contributed by atoms with E-state index in [0.717, 1.165) is 5.92 Å². The van der Waals surface area contributed by atoms with E-state index in [1.165, 1.54) is 32.1 Å². The third-order valence-corrected chi connectivity index (χ3v) is 1.75. The molecule has 0 atom stereocenters. The van der Waals surface area contributed by atoms with Gasteiger partial charge in [-0.25, -0.2) is 0 Å². The predicted molar refractivity (Wildman–Crippen MR) is 41.4 cm³/mol. The topological polar surface area (TPSA) is 0 Å². The lowest BCUT2D eigenvalue weighted by molar-refractivity contribution is 0.811. The average molecular weight is 124 g/mol. The van der Waals surface area contributed by atoms with E-state index in [1.54, 1.807) is 0 Å². The monoisotopic (exact) mass is 124 g/mol. The lowest BCUT2D eigenvalue weighted by Gasteiger charge is -1.86. The van der Waals surface area contributed by atoms with Crippen LogP contribution in [0.4, 0.5) is 0 Å². The lowest BCUT2D eigenvalue weighted by Crippen LogP contribution is -1.67. The van der Waals surface area contributed by atoms with Gasteiger partial charge in [0.2, 0.25) is 0 Å². The molecule has 0 heterocycles. The number of unbranched alkanes of at least 4 members (excludes halogenated alkanes) is 2. The second-order valence-electron chi connectivity index (χ2n) is 2.91. The van der Waals surface area contributed by atoms with E-state index in [-0.39, 0.29) is 0 Å². The van der Waals surface area contributed by atoms with Crippen LogP contribution in [0.5, 0.6) is 0 Å². The summed E-state index contributed by atoms with van der Waals surface area (Å²) in [5.74, 6) is 0.974. The summed E-state index contributed by atoms with van der Waals surface area (Å²) in [6.07, 6.45) is 11.6. The van der Waals surface area contributed by atoms with Gasteiger partial charge in [-0.05, 0) is 25.2 Å². The average Bonchev–Trinajstić information content (AvgIpc) is 2.63. The van der Waals surface area contributed by atoms with Gasteiger partial charge in [0, 0.05) is 0 Å². The SMILES string of the molecule is CCCC/C=C\C1CC1. The Morgan fingerprint density at radius 1 is 1.44 bits per heavy atom. The molecule has 0 bridgehead atoms. The van der Waals surface area contributed by atoms with Crippen LogP contribution < -0.4 is 0 Å². The molecule has 0 saturated heterocycles. The van der Waals surface area contributed by atoms with E-state index in [1.807, 2.05) is 0 Å². The summed E-state index contributed by atoms with van der Waals surface area (Å²) in [4.78, 5) is 0. The Bertz CT molecular complexity index is 88.2. The molecule has 1 saturated carbocycles. The molecule has 0 spiro atoms. The van der Waals surface area contributed by atoms with E-state index in [9.17, 15) is 0 Å². The summed E-state index contributed by atoms with van der Waals surface area (Å²) in [6, 6.07) is 0. The fraction of sp³-hybridized carbons (Fsp3) is 0.778. The van der Waals surface area contributed by atoms with Gasteiger partial charge in [0.1, 0.15) is 0 Å². The first-order valence-corrected chi connectivity index (χ1v) is 4.10. The largest absolute Gasteiger partial charge is 0.0883 e. The maximum Gasteiger partial charge on any atom is -0.0233 e. The van der Waals surface area contributed by atoms with Crippen molar-refractivity contribution in [1.29, 1.82) is 0 Å². The quantitative estimate of drug-likeness (QED) is 0.399. The number of hydrogen-bond donors (Lipinski definition) is 0. The second kappa shape index (κ2) is 3.71. The van der Waals surface area contributed by atoms with Crippen molar-refractivity contribution in [2.45, 2.75) is 39.0 Å². The summed E-state index contributed by atoms with van der Waals surface area (Å²) >= 11 is 0. The fourth-order valence-corrected chi connectivity index (χ4v) is 0.899. The highest BCUT2D eigenvalue weighted by atomic mass is 14.2. The van der Waals surface area contributed by atoms with Crippen LogP contribution in [0.3, 0.4) is 0 Å². The highest BCUT2D eigenvalue weighted by molar-refractivity contribution is 4.95. The van der Waals surface area contributed by atoms with Gasteiger partial charge in [-0.1, -0.05) is 31.9 Å². The minimum absolute atomic E-state index is 0.974. The van der Waals surface area contributed by atoms with Gasteiger partial charge >= 0.3 is 0 Å². The first kappa shape index (κ1) is 6.85. The van der Waals surface area contributed by atoms with Crippen molar-refractivity contribution in [2.24, 2.45) is 5.92 Å². The Kier molecular flexibility index (Phi) is 2.82. The van der Waals surface area contributed by atoms with Crippen LogP contribution >= 0.6 is 0 Å². The molecular weight excluding hydrogens is 108 g/mol. The summed E-state index contributed by atoms with van der Waals surface area (Å²) in [7, 11) is 0. The summed E-state index contributed by atoms with van der Waals surface area (Å²) in [6.45, 7) is 2.24. The van der Waals surface area contributed by atoms with Gasteiger partial charge in [0.15, 0.2) is 0 Å². The second-order valence-corrected chi connectivity index (χ2v) is 2.91. The van der Waals surface area contributed by atoms with E-state index >= 15 is 0 Å². The summed E-state index contributed by atoms with van der Waals surface area (Å²) in [5.41, 5.74) is 0. The normalized spacial score (nSPS) is 19.2. The van der Waals surface area contributed by atoms with Crippen LogP contribution in [-0.2, 0) is 0 Å². The van der Waals surface area contributed by atoms with Crippen molar-refractivity contribution < 1.29 is 0 Å². The highest BCUT2D eigenvalue weighted by Crippen LogP contribution is 2.30. The Labute approximate surface area is 58.0 Å². The Morgan fingerprint density at radius 2 is 2.22 bits per heavy atom. The smallest absolute Gasteiger partial charge is 0.0233 e. The minimum Gasteiger partial charge on any atom is -0.0883 e. The third kappa shape index (κ3) is 3.34.